The highest BCUT2D eigenvalue weighted by Crippen LogP contribution is 2.02. The molecule has 1 atom stereocenters. The molecular formula is C11H11NO5. The number of aliphatic hydroxyl groups excluding tert-OH is 1. The summed E-state index contributed by atoms with van der Waals surface area (Å²) in [6.45, 7) is -0.687. The zero-order valence-corrected chi connectivity index (χ0v) is 8.79. The third-order valence-corrected chi connectivity index (χ3v) is 2.09. The lowest BCUT2D eigenvalue weighted by molar-refractivity contribution is -0.140. The molecule has 6 heteroatoms. The molecule has 0 aliphatic carbocycles. The topological polar surface area (TPSA) is 104 Å². The van der Waals surface area contributed by atoms with E-state index in [1.807, 2.05) is 0 Å². The highest BCUT2D eigenvalue weighted by molar-refractivity contribution is 5.97. The summed E-state index contributed by atoms with van der Waals surface area (Å²) in [5, 5.41) is 19.5. The van der Waals surface area contributed by atoms with Crippen molar-refractivity contribution in [2.45, 2.75) is 6.04 Å². The lowest BCUT2D eigenvalue weighted by Gasteiger charge is -2.11. The number of amides is 1. The summed E-state index contributed by atoms with van der Waals surface area (Å²) in [7, 11) is 0. The fraction of sp³-hybridized carbons (Fsp3) is 0.182. The van der Waals surface area contributed by atoms with Crippen molar-refractivity contribution in [3.05, 3.63) is 35.4 Å². The van der Waals surface area contributed by atoms with E-state index < -0.39 is 24.5 Å². The molecule has 1 aromatic carbocycles. The summed E-state index contributed by atoms with van der Waals surface area (Å²) >= 11 is 0. The normalized spacial score (nSPS) is 11.6. The van der Waals surface area contributed by atoms with Gasteiger partial charge in [0.1, 0.15) is 6.29 Å². The smallest absolute Gasteiger partial charge is 0.328 e. The van der Waals surface area contributed by atoms with Gasteiger partial charge in [-0.2, -0.15) is 0 Å². The minimum absolute atomic E-state index is 0.218. The molecule has 0 saturated heterocycles. The van der Waals surface area contributed by atoms with Crippen molar-refractivity contribution in [1.29, 1.82) is 0 Å². The van der Waals surface area contributed by atoms with E-state index >= 15 is 0 Å². The predicted octanol–water partition coefficient (Wildman–Crippen LogP) is -0.326. The van der Waals surface area contributed by atoms with Gasteiger partial charge in [0.25, 0.3) is 5.91 Å². The summed E-state index contributed by atoms with van der Waals surface area (Å²) in [4.78, 5) is 32.5. The Labute approximate surface area is 96.9 Å². The first kappa shape index (κ1) is 12.9. The molecule has 90 valence electrons. The maximum Gasteiger partial charge on any atom is 0.328 e. The molecule has 17 heavy (non-hydrogen) atoms. The second-order valence-electron chi connectivity index (χ2n) is 3.29. The van der Waals surface area contributed by atoms with Gasteiger partial charge in [-0.3, -0.25) is 9.59 Å². The van der Waals surface area contributed by atoms with Crippen LogP contribution >= 0.6 is 0 Å². The number of hydrogen-bond donors (Lipinski definition) is 3. The van der Waals surface area contributed by atoms with Crippen molar-refractivity contribution in [2.75, 3.05) is 6.61 Å². The lowest BCUT2D eigenvalue weighted by atomic mass is 10.1. The Bertz CT molecular complexity index is 426. The Morgan fingerprint density at radius 1 is 1.29 bits per heavy atom. The first-order valence-electron chi connectivity index (χ1n) is 4.78. The number of aliphatic hydroxyl groups is 1. The largest absolute Gasteiger partial charge is 0.480 e. The van der Waals surface area contributed by atoms with E-state index in [4.69, 9.17) is 10.2 Å². The maximum atomic E-state index is 11.5. The van der Waals surface area contributed by atoms with Gasteiger partial charge in [-0.25, -0.2) is 4.79 Å². The van der Waals surface area contributed by atoms with E-state index in [2.05, 4.69) is 5.32 Å². The van der Waals surface area contributed by atoms with Crippen molar-refractivity contribution in [1.82, 2.24) is 5.32 Å². The van der Waals surface area contributed by atoms with E-state index in [-0.39, 0.29) is 5.56 Å². The average Bonchev–Trinajstić information content (AvgIpc) is 2.35. The van der Waals surface area contributed by atoms with Gasteiger partial charge < -0.3 is 15.5 Å². The van der Waals surface area contributed by atoms with Crippen LogP contribution in [0.1, 0.15) is 20.7 Å². The number of benzene rings is 1. The SMILES string of the molecule is O=Cc1ccc(C(=O)N[C@@H](CO)C(=O)O)cc1. The zero-order valence-electron chi connectivity index (χ0n) is 8.79. The van der Waals surface area contributed by atoms with E-state index in [0.29, 0.717) is 11.8 Å². The Balaban J connectivity index is 2.75. The molecule has 0 radical (unpaired) electrons. The summed E-state index contributed by atoms with van der Waals surface area (Å²) in [5.74, 6) is -1.94. The molecule has 1 aromatic rings. The minimum Gasteiger partial charge on any atom is -0.480 e. The van der Waals surface area contributed by atoms with Gasteiger partial charge in [-0.1, -0.05) is 12.1 Å². The van der Waals surface area contributed by atoms with E-state index in [9.17, 15) is 14.4 Å². The van der Waals surface area contributed by atoms with Crippen LogP contribution in [0.15, 0.2) is 24.3 Å². The van der Waals surface area contributed by atoms with Crippen molar-refractivity contribution in [2.24, 2.45) is 0 Å². The van der Waals surface area contributed by atoms with Crippen LogP contribution in [0.3, 0.4) is 0 Å². The van der Waals surface area contributed by atoms with E-state index in [1.165, 1.54) is 24.3 Å². The Kier molecular flexibility index (Phi) is 4.36. The second kappa shape index (κ2) is 5.76. The number of carboxylic acids is 1. The molecule has 3 N–H and O–H groups in total. The van der Waals surface area contributed by atoms with E-state index in [1.54, 1.807) is 0 Å². The van der Waals surface area contributed by atoms with Gasteiger partial charge in [0, 0.05) is 11.1 Å². The standard InChI is InChI=1S/C11H11NO5/c13-5-7-1-3-8(4-2-7)10(15)12-9(6-14)11(16)17/h1-5,9,14H,6H2,(H,12,15)(H,16,17)/t9-/m0/s1. The molecule has 1 amide bonds. The molecule has 0 aliphatic heterocycles. The molecule has 1 rings (SSSR count). The first-order chi connectivity index (χ1) is 8.08. The van der Waals surface area contributed by atoms with Crippen LogP contribution in [-0.2, 0) is 4.79 Å². The Morgan fingerprint density at radius 3 is 2.29 bits per heavy atom. The minimum atomic E-state index is -1.34. The van der Waals surface area contributed by atoms with Gasteiger partial charge in [-0.05, 0) is 12.1 Å². The molecule has 0 saturated carbocycles. The highest BCUT2D eigenvalue weighted by atomic mass is 16.4. The third-order valence-electron chi connectivity index (χ3n) is 2.09. The average molecular weight is 237 g/mol. The van der Waals surface area contributed by atoms with Crippen LogP contribution in [0, 0.1) is 0 Å². The van der Waals surface area contributed by atoms with Crippen LogP contribution < -0.4 is 5.32 Å². The fourth-order valence-electron chi connectivity index (χ4n) is 1.14. The number of aliphatic carboxylic acids is 1. The maximum absolute atomic E-state index is 11.5. The molecule has 0 aliphatic rings. The number of aldehydes is 1. The first-order valence-corrected chi connectivity index (χ1v) is 4.78. The number of hydrogen-bond acceptors (Lipinski definition) is 4. The fourth-order valence-corrected chi connectivity index (χ4v) is 1.14. The van der Waals surface area contributed by atoms with Gasteiger partial charge in [0.15, 0.2) is 6.04 Å². The van der Waals surface area contributed by atoms with Crippen LogP contribution in [-0.4, -0.2) is 41.0 Å². The summed E-state index contributed by atoms with van der Waals surface area (Å²) in [6, 6.07) is 4.34. The van der Waals surface area contributed by atoms with Gasteiger partial charge in [0.2, 0.25) is 0 Å². The van der Waals surface area contributed by atoms with Gasteiger partial charge in [0.05, 0.1) is 6.61 Å². The Hall–Kier alpha value is -2.21. The molecule has 0 spiro atoms. The number of carbonyl (C=O) groups is 3. The predicted molar refractivity (Wildman–Crippen MR) is 57.8 cm³/mol. The van der Waals surface area contributed by atoms with Crippen molar-refractivity contribution in [3.8, 4) is 0 Å². The molecule has 0 heterocycles. The monoisotopic (exact) mass is 237 g/mol. The van der Waals surface area contributed by atoms with Crippen molar-refractivity contribution in [3.63, 3.8) is 0 Å². The summed E-state index contributed by atoms with van der Waals surface area (Å²) in [6.07, 6.45) is 0.634. The van der Waals surface area contributed by atoms with E-state index in [0.717, 1.165) is 0 Å². The Morgan fingerprint density at radius 2 is 1.88 bits per heavy atom. The molecule has 6 nitrogen and oxygen atoms in total. The highest BCUT2D eigenvalue weighted by Gasteiger charge is 2.19. The van der Waals surface area contributed by atoms with Crippen LogP contribution in [0.4, 0.5) is 0 Å². The second-order valence-corrected chi connectivity index (χ2v) is 3.29. The number of carboxylic acid groups (broad SMARTS) is 1. The zero-order chi connectivity index (χ0) is 12.8. The molecular weight excluding hydrogens is 226 g/mol. The molecule has 0 aromatic heterocycles. The van der Waals surface area contributed by atoms with Crippen LogP contribution in [0.25, 0.3) is 0 Å². The number of rotatable bonds is 5. The van der Waals surface area contributed by atoms with Crippen LogP contribution in [0.2, 0.25) is 0 Å². The lowest BCUT2D eigenvalue weighted by Crippen LogP contribution is -2.43. The van der Waals surface area contributed by atoms with Crippen molar-refractivity contribution >= 4 is 18.2 Å². The molecule has 0 bridgehead atoms. The summed E-state index contributed by atoms with van der Waals surface area (Å²) in [5.41, 5.74) is 0.633. The third kappa shape index (κ3) is 3.39. The van der Waals surface area contributed by atoms with Gasteiger partial charge in [-0.15, -0.1) is 0 Å². The summed E-state index contributed by atoms with van der Waals surface area (Å²) < 4.78 is 0. The molecule has 0 fully saturated rings. The van der Waals surface area contributed by atoms with Crippen molar-refractivity contribution < 1.29 is 24.6 Å². The van der Waals surface area contributed by atoms with Gasteiger partial charge >= 0.3 is 5.97 Å². The number of nitrogens with one attached hydrogen (secondary N) is 1. The quantitative estimate of drug-likeness (QED) is 0.608. The molecule has 0 unspecified atom stereocenters. The van der Waals surface area contributed by atoms with Crippen LogP contribution in [0.5, 0.6) is 0 Å². The number of carbonyl (C=O) groups excluding carboxylic acids is 2.